The van der Waals surface area contributed by atoms with Gasteiger partial charge in [0, 0.05) is 12.1 Å². The van der Waals surface area contributed by atoms with Crippen LogP contribution in [-0.2, 0) is 16.1 Å². The summed E-state index contributed by atoms with van der Waals surface area (Å²) in [5.41, 5.74) is 0.241. The molecule has 2 aromatic rings. The summed E-state index contributed by atoms with van der Waals surface area (Å²) in [4.78, 5) is 30.9. The average Bonchev–Trinajstić information content (AvgIpc) is 3.34. The van der Waals surface area contributed by atoms with Crippen molar-refractivity contribution in [2.45, 2.75) is 51.8 Å². The van der Waals surface area contributed by atoms with Crippen molar-refractivity contribution in [2.75, 3.05) is 13.7 Å². The summed E-state index contributed by atoms with van der Waals surface area (Å²) in [6.07, 6.45) is 0.913. The number of likely N-dealkylation sites (tertiary alicyclic amines) is 1. The molecule has 0 saturated carbocycles. The van der Waals surface area contributed by atoms with Gasteiger partial charge in [0.15, 0.2) is 5.82 Å². The number of nitrogens with one attached hydrogen (secondary N) is 2. The zero-order chi connectivity index (χ0) is 21.0. The van der Waals surface area contributed by atoms with E-state index in [0.29, 0.717) is 24.6 Å². The molecule has 1 aliphatic heterocycles. The fraction of sp³-hybridized carbons (Fsp3) is 0.500. The second kappa shape index (κ2) is 8.50. The fourth-order valence-corrected chi connectivity index (χ4v) is 3.11. The second-order valence-electron chi connectivity index (χ2n) is 7.88. The summed E-state index contributed by atoms with van der Waals surface area (Å²) in [6, 6.07) is 6.86. The van der Waals surface area contributed by atoms with Crippen molar-refractivity contribution in [3.8, 4) is 17.1 Å². The van der Waals surface area contributed by atoms with Gasteiger partial charge >= 0.3 is 6.09 Å². The number of rotatable bonds is 5. The molecule has 1 fully saturated rings. The number of hydrogen-bond donors (Lipinski definition) is 2. The Morgan fingerprint density at radius 3 is 2.66 bits per heavy atom. The lowest BCUT2D eigenvalue weighted by atomic mass is 10.2. The van der Waals surface area contributed by atoms with Crippen LogP contribution in [0, 0.1) is 0 Å². The Hall–Kier alpha value is -3.10. The molecule has 1 saturated heterocycles. The number of benzene rings is 1. The van der Waals surface area contributed by atoms with Crippen LogP contribution >= 0.6 is 0 Å². The zero-order valence-electron chi connectivity index (χ0n) is 17.2. The van der Waals surface area contributed by atoms with Gasteiger partial charge in [-0.2, -0.15) is 5.10 Å². The molecule has 9 nitrogen and oxygen atoms in total. The molecule has 2 heterocycles. The maximum absolute atomic E-state index is 12.6. The van der Waals surface area contributed by atoms with Crippen LogP contribution in [0.1, 0.15) is 39.4 Å². The molecular weight excluding hydrogens is 374 g/mol. The van der Waals surface area contributed by atoms with E-state index in [-0.39, 0.29) is 12.5 Å². The molecule has 3 rings (SSSR count). The van der Waals surface area contributed by atoms with Gasteiger partial charge in [0.25, 0.3) is 0 Å². The van der Waals surface area contributed by atoms with E-state index in [1.54, 1.807) is 27.9 Å². The van der Waals surface area contributed by atoms with Crippen LogP contribution < -0.4 is 10.1 Å². The number of H-pyrrole nitrogens is 1. The molecule has 1 aliphatic rings. The Kier molecular flexibility index (Phi) is 6.05. The summed E-state index contributed by atoms with van der Waals surface area (Å²) in [6.45, 7) is 6.12. The van der Waals surface area contributed by atoms with Crippen LogP contribution in [-0.4, -0.2) is 57.4 Å². The van der Waals surface area contributed by atoms with Crippen LogP contribution in [0.2, 0.25) is 0 Å². The number of carbonyl (C=O) groups excluding carboxylic acids is 2. The molecule has 29 heavy (non-hydrogen) atoms. The molecule has 1 atom stereocenters. The number of methoxy groups -OCH3 is 1. The first kappa shape index (κ1) is 20.6. The van der Waals surface area contributed by atoms with E-state index in [1.807, 2.05) is 24.3 Å². The summed E-state index contributed by atoms with van der Waals surface area (Å²) in [5.74, 6) is 1.60. The third-order valence-corrected chi connectivity index (χ3v) is 4.49. The Morgan fingerprint density at radius 1 is 1.28 bits per heavy atom. The van der Waals surface area contributed by atoms with Crippen molar-refractivity contribution in [2.24, 2.45) is 0 Å². The van der Waals surface area contributed by atoms with Gasteiger partial charge in [-0.1, -0.05) is 0 Å². The van der Waals surface area contributed by atoms with E-state index in [2.05, 4.69) is 20.5 Å². The van der Waals surface area contributed by atoms with Crippen molar-refractivity contribution < 1.29 is 19.1 Å². The number of hydrogen-bond acceptors (Lipinski definition) is 6. The molecule has 0 bridgehead atoms. The van der Waals surface area contributed by atoms with Gasteiger partial charge < -0.3 is 14.8 Å². The quantitative estimate of drug-likeness (QED) is 0.797. The minimum Gasteiger partial charge on any atom is -0.497 e. The number of carbonyl (C=O) groups is 2. The Balaban J connectivity index is 1.57. The zero-order valence-corrected chi connectivity index (χ0v) is 17.2. The first-order valence-corrected chi connectivity index (χ1v) is 9.60. The Labute approximate surface area is 169 Å². The van der Waals surface area contributed by atoms with Crippen LogP contribution in [0.15, 0.2) is 24.3 Å². The van der Waals surface area contributed by atoms with Gasteiger partial charge in [-0.25, -0.2) is 9.78 Å². The average molecular weight is 401 g/mol. The molecule has 0 unspecified atom stereocenters. The second-order valence-corrected chi connectivity index (χ2v) is 7.88. The maximum atomic E-state index is 12.6. The number of aromatic nitrogens is 3. The first-order chi connectivity index (χ1) is 13.8. The van der Waals surface area contributed by atoms with Gasteiger partial charge in [-0.05, 0) is 57.9 Å². The van der Waals surface area contributed by atoms with Crippen molar-refractivity contribution in [1.82, 2.24) is 25.4 Å². The number of nitrogens with zero attached hydrogens (tertiary/aromatic N) is 3. The molecule has 1 aromatic carbocycles. The summed E-state index contributed by atoms with van der Waals surface area (Å²) in [5, 5.41) is 9.85. The van der Waals surface area contributed by atoms with E-state index in [1.165, 1.54) is 4.90 Å². The molecular formula is C20H27N5O4. The predicted molar refractivity (Wildman–Crippen MR) is 106 cm³/mol. The van der Waals surface area contributed by atoms with E-state index in [9.17, 15) is 9.59 Å². The fourth-order valence-electron chi connectivity index (χ4n) is 3.11. The monoisotopic (exact) mass is 401 g/mol. The van der Waals surface area contributed by atoms with Crippen molar-refractivity contribution in [3.05, 3.63) is 30.1 Å². The van der Waals surface area contributed by atoms with Crippen molar-refractivity contribution in [3.63, 3.8) is 0 Å². The first-order valence-electron chi connectivity index (χ1n) is 9.60. The smallest absolute Gasteiger partial charge is 0.410 e. The highest BCUT2D eigenvalue weighted by Crippen LogP contribution is 2.21. The van der Waals surface area contributed by atoms with E-state index < -0.39 is 17.7 Å². The van der Waals surface area contributed by atoms with Gasteiger partial charge in [0.2, 0.25) is 5.91 Å². The number of ether oxygens (including phenoxy) is 2. The molecule has 0 aliphatic carbocycles. The van der Waals surface area contributed by atoms with Crippen LogP contribution in [0.4, 0.5) is 4.79 Å². The third kappa shape index (κ3) is 5.24. The molecule has 0 spiro atoms. The summed E-state index contributed by atoms with van der Waals surface area (Å²) in [7, 11) is 1.61. The van der Waals surface area contributed by atoms with E-state index >= 15 is 0 Å². The highest BCUT2D eigenvalue weighted by Gasteiger charge is 2.36. The molecule has 2 N–H and O–H groups in total. The normalized spacial score (nSPS) is 16.6. The highest BCUT2D eigenvalue weighted by molar-refractivity contribution is 5.86. The van der Waals surface area contributed by atoms with Gasteiger partial charge in [0.1, 0.15) is 23.2 Å². The maximum Gasteiger partial charge on any atom is 0.410 e. The minimum absolute atomic E-state index is 0.195. The van der Waals surface area contributed by atoms with Gasteiger partial charge in [0.05, 0.1) is 13.7 Å². The molecule has 0 radical (unpaired) electrons. The number of aromatic amines is 1. The molecule has 9 heteroatoms. The molecule has 2 amide bonds. The van der Waals surface area contributed by atoms with Crippen molar-refractivity contribution >= 4 is 12.0 Å². The summed E-state index contributed by atoms with van der Waals surface area (Å²) < 4.78 is 10.5. The van der Waals surface area contributed by atoms with Crippen LogP contribution in [0.5, 0.6) is 5.75 Å². The third-order valence-electron chi connectivity index (χ3n) is 4.49. The largest absolute Gasteiger partial charge is 0.497 e. The molecule has 156 valence electrons. The van der Waals surface area contributed by atoms with Crippen LogP contribution in [0.3, 0.4) is 0 Å². The lowest BCUT2D eigenvalue weighted by molar-refractivity contribution is -0.125. The van der Waals surface area contributed by atoms with E-state index in [0.717, 1.165) is 17.7 Å². The Morgan fingerprint density at radius 2 is 2.00 bits per heavy atom. The molecule has 1 aromatic heterocycles. The standard InChI is InChI=1S/C20H27N5O4/c1-20(2,3)29-19(27)25-11-5-6-15(25)18(26)21-12-16-22-17(24-23-16)13-7-9-14(28-4)10-8-13/h7-10,15H,5-6,11-12H2,1-4H3,(H,21,26)(H,22,23,24)/t15-/m0/s1. The topological polar surface area (TPSA) is 109 Å². The minimum atomic E-state index is -0.599. The predicted octanol–water partition coefficient (Wildman–Crippen LogP) is 2.50. The lowest BCUT2D eigenvalue weighted by Gasteiger charge is -2.27. The van der Waals surface area contributed by atoms with Gasteiger partial charge in [-0.15, -0.1) is 0 Å². The van der Waals surface area contributed by atoms with Gasteiger partial charge in [-0.3, -0.25) is 14.8 Å². The van der Waals surface area contributed by atoms with Crippen molar-refractivity contribution in [1.29, 1.82) is 0 Å². The van der Waals surface area contributed by atoms with Crippen LogP contribution in [0.25, 0.3) is 11.4 Å². The lowest BCUT2D eigenvalue weighted by Crippen LogP contribution is -2.47. The highest BCUT2D eigenvalue weighted by atomic mass is 16.6. The summed E-state index contributed by atoms with van der Waals surface area (Å²) >= 11 is 0. The van der Waals surface area contributed by atoms with E-state index in [4.69, 9.17) is 9.47 Å². The Bertz CT molecular complexity index is 857. The number of amides is 2. The SMILES string of the molecule is COc1ccc(-c2n[nH]c(CNC(=O)[C@@H]3CCCN3C(=O)OC(C)(C)C)n2)cc1.